The maximum atomic E-state index is 13.8. The summed E-state index contributed by atoms with van der Waals surface area (Å²) in [5.41, 5.74) is 1.57. The third-order valence-electron chi connectivity index (χ3n) is 4.79. The molecule has 0 saturated carbocycles. The number of halogens is 1. The van der Waals surface area contributed by atoms with Crippen LogP contribution in [0.3, 0.4) is 0 Å². The van der Waals surface area contributed by atoms with E-state index in [1.807, 2.05) is 6.07 Å². The lowest BCUT2D eigenvalue weighted by molar-refractivity contribution is 0.102. The van der Waals surface area contributed by atoms with Gasteiger partial charge in [0.1, 0.15) is 18.2 Å². The highest BCUT2D eigenvalue weighted by atomic mass is 32.2. The number of nitrogens with zero attached hydrogens (tertiary/aromatic N) is 1. The number of hydrogen-bond donors (Lipinski definition) is 1. The van der Waals surface area contributed by atoms with Crippen molar-refractivity contribution >= 4 is 27.3 Å². The molecule has 1 aliphatic heterocycles. The molecule has 0 atom stereocenters. The van der Waals surface area contributed by atoms with E-state index in [2.05, 4.69) is 5.32 Å². The van der Waals surface area contributed by atoms with Gasteiger partial charge in [-0.15, -0.1) is 0 Å². The van der Waals surface area contributed by atoms with Gasteiger partial charge in [-0.1, -0.05) is 24.3 Å². The van der Waals surface area contributed by atoms with Gasteiger partial charge >= 0.3 is 0 Å². The monoisotopic (exact) mass is 426 g/mol. The molecular formula is C22H19FN2O4S. The average Bonchev–Trinajstić information content (AvgIpc) is 2.75. The van der Waals surface area contributed by atoms with Crippen molar-refractivity contribution < 1.29 is 22.3 Å². The molecule has 0 radical (unpaired) electrons. The van der Waals surface area contributed by atoms with Crippen molar-refractivity contribution in [2.45, 2.75) is 11.8 Å². The highest BCUT2D eigenvalue weighted by molar-refractivity contribution is 7.92. The number of nitrogens with one attached hydrogen (secondary N) is 1. The van der Waals surface area contributed by atoms with Gasteiger partial charge in [0.15, 0.2) is 0 Å². The van der Waals surface area contributed by atoms with Crippen LogP contribution < -0.4 is 14.4 Å². The van der Waals surface area contributed by atoms with Gasteiger partial charge in [0.25, 0.3) is 15.9 Å². The molecule has 0 saturated heterocycles. The van der Waals surface area contributed by atoms with E-state index >= 15 is 0 Å². The number of hydrogen-bond acceptors (Lipinski definition) is 4. The Kier molecular flexibility index (Phi) is 5.17. The molecule has 0 spiro atoms. The largest absolute Gasteiger partial charge is 0.489 e. The minimum absolute atomic E-state index is 0.0506. The molecule has 6 nitrogen and oxygen atoms in total. The molecule has 30 heavy (non-hydrogen) atoms. The summed E-state index contributed by atoms with van der Waals surface area (Å²) in [5, 5.41) is 2.77. The number of carbonyl (C=O) groups is 1. The Morgan fingerprint density at radius 3 is 2.60 bits per heavy atom. The quantitative estimate of drug-likeness (QED) is 0.685. The maximum absolute atomic E-state index is 13.8. The molecule has 1 amide bonds. The Labute approximate surface area is 174 Å². The first-order valence-electron chi connectivity index (χ1n) is 9.28. The maximum Gasteiger partial charge on any atom is 0.264 e. The number of para-hydroxylation sites is 1. The van der Waals surface area contributed by atoms with Gasteiger partial charge < -0.3 is 10.1 Å². The SMILES string of the molecule is Cc1ccc(F)cc1S(=O)(=O)N1CCOc2ccc(C(=O)Nc3ccccc3)cc21. The number of aryl methyl sites for hydroxylation is 1. The van der Waals surface area contributed by atoms with E-state index in [0.717, 1.165) is 10.4 Å². The zero-order valence-electron chi connectivity index (χ0n) is 16.1. The molecule has 0 aromatic heterocycles. The summed E-state index contributed by atoms with van der Waals surface area (Å²) < 4.78 is 47.1. The van der Waals surface area contributed by atoms with Crippen LogP contribution in [0.25, 0.3) is 0 Å². The first-order chi connectivity index (χ1) is 14.4. The normalized spacial score (nSPS) is 13.3. The summed E-state index contributed by atoms with van der Waals surface area (Å²) in [7, 11) is -4.05. The van der Waals surface area contributed by atoms with Crippen molar-refractivity contribution in [3.05, 3.63) is 83.7 Å². The van der Waals surface area contributed by atoms with Crippen LogP contribution in [0.2, 0.25) is 0 Å². The average molecular weight is 426 g/mol. The Morgan fingerprint density at radius 1 is 1.07 bits per heavy atom. The molecule has 8 heteroatoms. The third kappa shape index (κ3) is 3.73. The van der Waals surface area contributed by atoms with Crippen molar-refractivity contribution in [1.82, 2.24) is 0 Å². The second-order valence-electron chi connectivity index (χ2n) is 6.84. The molecule has 0 unspecified atom stereocenters. The Morgan fingerprint density at radius 2 is 1.83 bits per heavy atom. The number of amides is 1. The van der Waals surface area contributed by atoms with Gasteiger partial charge in [0.05, 0.1) is 17.1 Å². The molecule has 1 heterocycles. The Bertz CT molecular complexity index is 1210. The zero-order chi connectivity index (χ0) is 21.3. The lowest BCUT2D eigenvalue weighted by Gasteiger charge is -2.31. The number of sulfonamides is 1. The highest BCUT2D eigenvalue weighted by Gasteiger charge is 2.32. The van der Waals surface area contributed by atoms with E-state index in [0.29, 0.717) is 17.0 Å². The molecule has 0 bridgehead atoms. The van der Waals surface area contributed by atoms with Crippen LogP contribution in [0.1, 0.15) is 15.9 Å². The summed E-state index contributed by atoms with van der Waals surface area (Å²) in [6, 6.07) is 17.2. The van der Waals surface area contributed by atoms with Crippen molar-refractivity contribution in [2.75, 3.05) is 22.8 Å². The Hall–Kier alpha value is -3.39. The molecule has 154 valence electrons. The number of carbonyl (C=O) groups excluding carboxylic acids is 1. The standard InChI is InChI=1S/C22H19FN2O4S/c1-15-7-9-17(23)14-21(15)30(27,28)25-11-12-29-20-10-8-16(13-19(20)25)22(26)24-18-5-3-2-4-6-18/h2-10,13-14H,11-12H2,1H3,(H,24,26). The first-order valence-corrected chi connectivity index (χ1v) is 10.7. The molecule has 3 aromatic carbocycles. The Balaban J connectivity index is 1.72. The summed E-state index contributed by atoms with van der Waals surface area (Å²) >= 11 is 0. The number of ether oxygens (including phenoxy) is 1. The summed E-state index contributed by atoms with van der Waals surface area (Å²) in [6.45, 7) is 1.81. The van der Waals surface area contributed by atoms with E-state index in [-0.39, 0.29) is 35.2 Å². The fourth-order valence-corrected chi connectivity index (χ4v) is 4.97. The van der Waals surface area contributed by atoms with E-state index in [1.54, 1.807) is 43.3 Å². The molecule has 1 aliphatic rings. The van der Waals surface area contributed by atoms with Crippen LogP contribution in [0, 0.1) is 12.7 Å². The summed E-state index contributed by atoms with van der Waals surface area (Å²) in [5.74, 6) is -0.673. The number of benzene rings is 3. The van der Waals surface area contributed by atoms with E-state index < -0.39 is 15.8 Å². The highest BCUT2D eigenvalue weighted by Crippen LogP contribution is 2.37. The predicted molar refractivity (Wildman–Crippen MR) is 112 cm³/mol. The van der Waals surface area contributed by atoms with Crippen LogP contribution in [0.5, 0.6) is 5.75 Å². The van der Waals surface area contributed by atoms with Crippen molar-refractivity contribution in [3.63, 3.8) is 0 Å². The van der Waals surface area contributed by atoms with Crippen molar-refractivity contribution in [3.8, 4) is 5.75 Å². The van der Waals surface area contributed by atoms with Gasteiger partial charge in [-0.2, -0.15) is 0 Å². The van der Waals surface area contributed by atoms with Gasteiger partial charge in [-0.3, -0.25) is 9.10 Å². The van der Waals surface area contributed by atoms with Crippen LogP contribution in [0.15, 0.2) is 71.6 Å². The summed E-state index contributed by atoms with van der Waals surface area (Å²) in [6.07, 6.45) is 0. The lowest BCUT2D eigenvalue weighted by atomic mass is 10.1. The lowest BCUT2D eigenvalue weighted by Crippen LogP contribution is -2.38. The van der Waals surface area contributed by atoms with Crippen molar-refractivity contribution in [1.29, 1.82) is 0 Å². The van der Waals surface area contributed by atoms with E-state index in [4.69, 9.17) is 4.74 Å². The zero-order valence-corrected chi connectivity index (χ0v) is 16.9. The molecule has 4 rings (SSSR count). The van der Waals surface area contributed by atoms with Crippen LogP contribution >= 0.6 is 0 Å². The van der Waals surface area contributed by atoms with Gasteiger partial charge in [0.2, 0.25) is 0 Å². The van der Waals surface area contributed by atoms with E-state index in [9.17, 15) is 17.6 Å². The molecule has 0 aliphatic carbocycles. The van der Waals surface area contributed by atoms with E-state index in [1.165, 1.54) is 18.2 Å². The van der Waals surface area contributed by atoms with Crippen LogP contribution in [-0.4, -0.2) is 27.5 Å². The topological polar surface area (TPSA) is 75.7 Å². The van der Waals surface area contributed by atoms with Crippen molar-refractivity contribution in [2.24, 2.45) is 0 Å². The first kappa shape index (κ1) is 19.9. The number of anilines is 2. The minimum atomic E-state index is -4.05. The number of fused-ring (bicyclic) bond motifs is 1. The predicted octanol–water partition coefficient (Wildman–Crippen LogP) is 3.97. The van der Waals surface area contributed by atoms with Gasteiger partial charge in [0, 0.05) is 11.3 Å². The van der Waals surface area contributed by atoms with Crippen LogP contribution in [-0.2, 0) is 10.0 Å². The summed E-state index contributed by atoms with van der Waals surface area (Å²) in [4.78, 5) is 12.5. The van der Waals surface area contributed by atoms with Gasteiger partial charge in [-0.25, -0.2) is 12.8 Å². The smallest absolute Gasteiger partial charge is 0.264 e. The van der Waals surface area contributed by atoms with Crippen LogP contribution in [0.4, 0.5) is 15.8 Å². The van der Waals surface area contributed by atoms with Gasteiger partial charge in [-0.05, 0) is 55.0 Å². The molecule has 1 N–H and O–H groups in total. The number of rotatable bonds is 4. The third-order valence-corrected chi connectivity index (χ3v) is 6.75. The minimum Gasteiger partial charge on any atom is -0.489 e. The fraction of sp³-hybridized carbons (Fsp3) is 0.136. The second-order valence-corrected chi connectivity index (χ2v) is 8.67. The molecule has 0 fully saturated rings. The fourth-order valence-electron chi connectivity index (χ4n) is 3.28. The second kappa shape index (κ2) is 7.79. The molecule has 3 aromatic rings. The molecular weight excluding hydrogens is 407 g/mol.